The second-order valence-electron chi connectivity index (χ2n) is 7.65. The average molecular weight is 352 g/mol. The molecule has 4 bridgehead atoms. The standard InChI is InChI=1S/C18H25O5P/c1-15-10-17(3)23-16(2,21-15)11-18(4,22-15)24(17)14-8-7-12(19-5)9-13(14)20-6/h7-9H,10-11H2,1-6H3. The molecule has 5 nitrogen and oxygen atoms in total. The van der Waals surface area contributed by atoms with E-state index < -0.39 is 19.5 Å². The Labute approximate surface area is 144 Å². The summed E-state index contributed by atoms with van der Waals surface area (Å²) in [4.78, 5) is 0. The summed E-state index contributed by atoms with van der Waals surface area (Å²) in [7, 11) is 2.58. The third kappa shape index (κ3) is 2.22. The van der Waals surface area contributed by atoms with Gasteiger partial charge in [-0.3, -0.25) is 0 Å². The molecular formula is C18H25O5P. The SMILES string of the molecule is COc1ccc(P2C3(C)CC4(C)OC(C)(CC2(C)O4)O3)c(OC)c1. The number of methoxy groups -OCH3 is 2. The van der Waals surface area contributed by atoms with E-state index in [1.54, 1.807) is 14.2 Å². The molecule has 0 N–H and O–H groups in total. The largest absolute Gasteiger partial charge is 0.497 e. The number of ether oxygens (including phenoxy) is 5. The van der Waals surface area contributed by atoms with Crippen LogP contribution in [0.3, 0.4) is 0 Å². The van der Waals surface area contributed by atoms with E-state index in [1.807, 2.05) is 26.0 Å². The van der Waals surface area contributed by atoms with Crippen LogP contribution >= 0.6 is 7.92 Å². The maximum atomic E-state index is 6.49. The van der Waals surface area contributed by atoms with E-state index in [4.69, 9.17) is 23.7 Å². The molecule has 4 heterocycles. The molecule has 6 heteroatoms. The van der Waals surface area contributed by atoms with Crippen molar-refractivity contribution in [2.45, 2.75) is 62.8 Å². The molecule has 0 aliphatic carbocycles. The van der Waals surface area contributed by atoms with Crippen LogP contribution in [-0.4, -0.2) is 36.5 Å². The van der Waals surface area contributed by atoms with Gasteiger partial charge in [0, 0.05) is 24.2 Å². The summed E-state index contributed by atoms with van der Waals surface area (Å²) < 4.78 is 30.1. The summed E-state index contributed by atoms with van der Waals surface area (Å²) >= 11 is 0. The molecule has 4 atom stereocenters. The molecule has 132 valence electrons. The first kappa shape index (κ1) is 16.6. The molecule has 24 heavy (non-hydrogen) atoms. The third-order valence-electron chi connectivity index (χ3n) is 5.18. The highest BCUT2D eigenvalue weighted by molar-refractivity contribution is 7.68. The van der Waals surface area contributed by atoms with Crippen molar-refractivity contribution in [2.24, 2.45) is 0 Å². The number of benzene rings is 1. The first-order valence-corrected chi connectivity index (χ1v) is 9.61. The number of rotatable bonds is 3. The molecule has 0 saturated carbocycles. The number of hydrogen-bond acceptors (Lipinski definition) is 5. The highest BCUT2D eigenvalue weighted by Gasteiger charge is 2.71. The van der Waals surface area contributed by atoms with E-state index >= 15 is 0 Å². The Balaban J connectivity index is 1.85. The van der Waals surface area contributed by atoms with E-state index in [2.05, 4.69) is 19.9 Å². The van der Waals surface area contributed by atoms with Crippen molar-refractivity contribution >= 4 is 13.2 Å². The van der Waals surface area contributed by atoms with Crippen LogP contribution in [-0.2, 0) is 14.2 Å². The van der Waals surface area contributed by atoms with Crippen molar-refractivity contribution < 1.29 is 23.7 Å². The highest BCUT2D eigenvalue weighted by Crippen LogP contribution is 2.76. The zero-order chi connectivity index (χ0) is 17.4. The lowest BCUT2D eigenvalue weighted by molar-refractivity contribution is -0.467. The molecule has 0 spiro atoms. The molecule has 4 unspecified atom stereocenters. The van der Waals surface area contributed by atoms with Crippen LogP contribution in [0.1, 0.15) is 40.5 Å². The second kappa shape index (κ2) is 4.85. The lowest BCUT2D eigenvalue weighted by atomic mass is 9.98. The van der Waals surface area contributed by atoms with Gasteiger partial charge < -0.3 is 23.7 Å². The van der Waals surface area contributed by atoms with Gasteiger partial charge in [-0.25, -0.2) is 0 Å². The van der Waals surface area contributed by atoms with E-state index in [0.717, 1.165) is 16.8 Å². The molecular weight excluding hydrogens is 327 g/mol. The molecule has 0 aromatic heterocycles. The molecule has 4 saturated heterocycles. The Hall–Kier alpha value is -0.870. The van der Waals surface area contributed by atoms with Gasteiger partial charge in [-0.2, -0.15) is 0 Å². The smallest absolute Gasteiger partial charge is 0.173 e. The van der Waals surface area contributed by atoms with Gasteiger partial charge in [-0.1, -0.05) is 0 Å². The van der Waals surface area contributed by atoms with Gasteiger partial charge in [-0.05, 0) is 47.7 Å². The van der Waals surface area contributed by atoms with Crippen molar-refractivity contribution in [1.82, 2.24) is 0 Å². The van der Waals surface area contributed by atoms with Crippen molar-refractivity contribution in [1.29, 1.82) is 0 Å². The minimum atomic E-state index is -0.778. The lowest BCUT2D eigenvalue weighted by Gasteiger charge is -2.69. The Morgan fingerprint density at radius 3 is 1.96 bits per heavy atom. The highest BCUT2D eigenvalue weighted by atomic mass is 31.1. The summed E-state index contributed by atoms with van der Waals surface area (Å²) in [5.74, 6) is 0.439. The summed E-state index contributed by atoms with van der Waals surface area (Å²) in [6, 6.07) is 6.02. The Bertz CT molecular complexity index is 646. The molecule has 4 aliphatic heterocycles. The van der Waals surface area contributed by atoms with E-state index in [1.165, 1.54) is 0 Å². The molecule has 0 radical (unpaired) electrons. The van der Waals surface area contributed by atoms with Gasteiger partial charge >= 0.3 is 0 Å². The van der Waals surface area contributed by atoms with E-state index in [9.17, 15) is 0 Å². The molecule has 5 rings (SSSR count). The van der Waals surface area contributed by atoms with Gasteiger partial charge in [0.1, 0.15) is 11.5 Å². The maximum absolute atomic E-state index is 6.49. The maximum Gasteiger partial charge on any atom is 0.173 e. The Morgan fingerprint density at radius 1 is 0.875 bits per heavy atom. The number of hydrogen-bond donors (Lipinski definition) is 0. The van der Waals surface area contributed by atoms with E-state index in [0.29, 0.717) is 12.8 Å². The summed E-state index contributed by atoms with van der Waals surface area (Å²) in [6.07, 6.45) is 1.43. The summed E-state index contributed by atoms with van der Waals surface area (Å²) in [5, 5.41) is 0.526. The molecule has 4 aliphatic rings. The van der Waals surface area contributed by atoms with Gasteiger partial charge in [0.05, 0.1) is 24.9 Å². The van der Waals surface area contributed by atoms with Gasteiger partial charge in [0.25, 0.3) is 0 Å². The van der Waals surface area contributed by atoms with Gasteiger partial charge in [0.15, 0.2) is 11.6 Å². The van der Waals surface area contributed by atoms with Crippen molar-refractivity contribution in [3.05, 3.63) is 18.2 Å². The van der Waals surface area contributed by atoms with Crippen LogP contribution in [0, 0.1) is 0 Å². The van der Waals surface area contributed by atoms with Crippen LogP contribution in [0.4, 0.5) is 0 Å². The molecule has 0 amide bonds. The Kier molecular flexibility index (Phi) is 3.35. The van der Waals surface area contributed by atoms with Crippen LogP contribution in [0.25, 0.3) is 0 Å². The lowest BCUT2D eigenvalue weighted by Crippen LogP contribution is -2.72. The molecule has 1 aromatic rings. The first-order valence-electron chi connectivity index (χ1n) is 8.27. The fraction of sp³-hybridized carbons (Fsp3) is 0.667. The molecule has 4 fully saturated rings. The predicted molar refractivity (Wildman–Crippen MR) is 92.2 cm³/mol. The van der Waals surface area contributed by atoms with Crippen LogP contribution in [0.5, 0.6) is 11.5 Å². The first-order chi connectivity index (χ1) is 11.1. The fourth-order valence-corrected chi connectivity index (χ4v) is 9.14. The van der Waals surface area contributed by atoms with Crippen LogP contribution in [0.15, 0.2) is 18.2 Å². The minimum absolute atomic E-state index is 0.315. The van der Waals surface area contributed by atoms with Crippen LogP contribution in [0.2, 0.25) is 0 Å². The summed E-state index contributed by atoms with van der Waals surface area (Å²) in [5.41, 5.74) is 0. The zero-order valence-corrected chi connectivity index (χ0v) is 16.0. The van der Waals surface area contributed by atoms with Gasteiger partial charge in [0.2, 0.25) is 0 Å². The van der Waals surface area contributed by atoms with Crippen LogP contribution < -0.4 is 14.8 Å². The summed E-state index contributed by atoms with van der Waals surface area (Å²) in [6.45, 7) is 8.45. The van der Waals surface area contributed by atoms with E-state index in [-0.39, 0.29) is 10.7 Å². The van der Waals surface area contributed by atoms with Crippen molar-refractivity contribution in [2.75, 3.05) is 14.2 Å². The fourth-order valence-electron chi connectivity index (χ4n) is 5.07. The third-order valence-corrected chi connectivity index (χ3v) is 8.42. The molecule has 1 aromatic carbocycles. The zero-order valence-electron chi connectivity index (χ0n) is 15.1. The quantitative estimate of drug-likeness (QED) is 0.779. The monoisotopic (exact) mass is 352 g/mol. The minimum Gasteiger partial charge on any atom is -0.497 e. The van der Waals surface area contributed by atoms with Gasteiger partial charge in [-0.15, -0.1) is 0 Å². The van der Waals surface area contributed by atoms with Crippen molar-refractivity contribution in [3.8, 4) is 11.5 Å². The second-order valence-corrected chi connectivity index (χ2v) is 10.7. The average Bonchev–Trinajstić information content (AvgIpc) is 2.42. The normalized spacial score (nSPS) is 46.2. The van der Waals surface area contributed by atoms with Crippen molar-refractivity contribution in [3.63, 3.8) is 0 Å². The predicted octanol–water partition coefficient (Wildman–Crippen LogP) is 3.55. The topological polar surface area (TPSA) is 46.2 Å². The Morgan fingerprint density at radius 2 is 1.46 bits per heavy atom.